The smallest absolute Gasteiger partial charge is 0.394 e. The number of halogens is 3. The maximum absolute atomic E-state index is 13.0. The number of aliphatic hydroxyl groups is 1. The molecule has 0 radical (unpaired) electrons. The van der Waals surface area contributed by atoms with Crippen molar-refractivity contribution in [3.8, 4) is 6.07 Å². The molecular weight excluding hydrogens is 323 g/mol. The molecule has 2 N–H and O–H groups in total. The number of nitrogens with one attached hydrogen (secondary N) is 1. The SMILES string of the molecule is N#Cc1ccc(NC(=O)N2[C@@H]3C=C[C@@H](C3)[C@@H]2CO)cc1C(F)(F)F. The minimum Gasteiger partial charge on any atom is -0.394 e. The van der Waals surface area contributed by atoms with Gasteiger partial charge in [0.05, 0.1) is 35.9 Å². The van der Waals surface area contributed by atoms with Gasteiger partial charge >= 0.3 is 12.2 Å². The second-order valence-corrected chi connectivity index (χ2v) is 5.81. The summed E-state index contributed by atoms with van der Waals surface area (Å²) in [5.74, 6) is 0.0671. The molecule has 1 aromatic rings. The summed E-state index contributed by atoms with van der Waals surface area (Å²) in [6.07, 6.45) is -0.177. The van der Waals surface area contributed by atoms with Crippen molar-refractivity contribution in [2.24, 2.45) is 5.92 Å². The van der Waals surface area contributed by atoms with E-state index in [0.29, 0.717) is 6.42 Å². The zero-order chi connectivity index (χ0) is 17.5. The third-order valence-corrected chi connectivity index (χ3v) is 4.42. The highest BCUT2D eigenvalue weighted by molar-refractivity contribution is 5.90. The fraction of sp³-hybridized carbons (Fsp3) is 0.375. The lowest BCUT2D eigenvalue weighted by Gasteiger charge is -2.31. The summed E-state index contributed by atoms with van der Waals surface area (Å²) in [5.41, 5.74) is -1.64. The van der Waals surface area contributed by atoms with E-state index in [9.17, 15) is 23.1 Å². The Hall–Kier alpha value is -2.53. The molecule has 5 nitrogen and oxygen atoms in total. The van der Waals surface area contributed by atoms with Crippen LogP contribution in [0.5, 0.6) is 0 Å². The van der Waals surface area contributed by atoms with Gasteiger partial charge in [0.15, 0.2) is 0 Å². The summed E-state index contributed by atoms with van der Waals surface area (Å²) in [7, 11) is 0. The summed E-state index contributed by atoms with van der Waals surface area (Å²) < 4.78 is 38.9. The van der Waals surface area contributed by atoms with Crippen LogP contribution in [0.15, 0.2) is 30.4 Å². The fourth-order valence-corrected chi connectivity index (χ4v) is 3.32. The molecular formula is C16H14F3N3O2. The number of anilines is 1. The first kappa shape index (κ1) is 16.3. The van der Waals surface area contributed by atoms with Crippen molar-refractivity contribution in [2.45, 2.75) is 24.7 Å². The Kier molecular flexibility index (Phi) is 3.97. The normalized spacial score (nSPS) is 25.0. The Morgan fingerprint density at radius 3 is 2.79 bits per heavy atom. The van der Waals surface area contributed by atoms with E-state index in [0.717, 1.165) is 12.1 Å². The van der Waals surface area contributed by atoms with Crippen molar-refractivity contribution in [3.63, 3.8) is 0 Å². The number of hydrogen-bond acceptors (Lipinski definition) is 3. The first-order chi connectivity index (χ1) is 11.3. The number of urea groups is 1. The van der Waals surface area contributed by atoms with Gasteiger partial charge in [-0.2, -0.15) is 18.4 Å². The van der Waals surface area contributed by atoms with Crippen LogP contribution in [0.3, 0.4) is 0 Å². The van der Waals surface area contributed by atoms with Gasteiger partial charge in [-0.25, -0.2) is 4.79 Å². The molecule has 2 amide bonds. The van der Waals surface area contributed by atoms with E-state index in [4.69, 9.17) is 5.26 Å². The van der Waals surface area contributed by atoms with Crippen molar-refractivity contribution in [1.29, 1.82) is 5.26 Å². The van der Waals surface area contributed by atoms with Crippen LogP contribution in [0.2, 0.25) is 0 Å². The Bertz CT molecular complexity index is 739. The van der Waals surface area contributed by atoms with Crippen LogP contribution in [0.25, 0.3) is 0 Å². The van der Waals surface area contributed by atoms with Crippen molar-refractivity contribution in [1.82, 2.24) is 4.90 Å². The lowest BCUT2D eigenvalue weighted by atomic mass is 10.0. The highest BCUT2D eigenvalue weighted by Crippen LogP contribution is 2.38. The lowest BCUT2D eigenvalue weighted by Crippen LogP contribution is -2.47. The number of nitriles is 1. The van der Waals surface area contributed by atoms with E-state index in [2.05, 4.69) is 5.32 Å². The van der Waals surface area contributed by atoms with Gasteiger partial charge in [-0.3, -0.25) is 0 Å². The van der Waals surface area contributed by atoms with Crippen LogP contribution in [0.1, 0.15) is 17.5 Å². The molecule has 3 rings (SSSR count). The summed E-state index contributed by atoms with van der Waals surface area (Å²) in [4.78, 5) is 13.9. The van der Waals surface area contributed by atoms with Crippen LogP contribution in [-0.4, -0.2) is 34.7 Å². The van der Waals surface area contributed by atoms with Gasteiger partial charge in [0.1, 0.15) is 0 Å². The van der Waals surface area contributed by atoms with Crippen LogP contribution in [0.4, 0.5) is 23.7 Å². The van der Waals surface area contributed by atoms with Gasteiger partial charge in [-0.05, 0) is 24.6 Å². The second kappa shape index (κ2) is 5.83. The number of benzene rings is 1. The Balaban J connectivity index is 1.83. The van der Waals surface area contributed by atoms with Gasteiger partial charge in [-0.1, -0.05) is 12.2 Å². The molecule has 0 saturated carbocycles. The minimum atomic E-state index is -4.69. The summed E-state index contributed by atoms with van der Waals surface area (Å²) in [6, 6.07) is 3.41. The number of fused-ring (bicyclic) bond motifs is 2. The molecule has 1 heterocycles. The monoisotopic (exact) mass is 337 g/mol. The Labute approximate surface area is 136 Å². The van der Waals surface area contributed by atoms with Crippen molar-refractivity contribution in [2.75, 3.05) is 11.9 Å². The molecule has 8 heteroatoms. The second-order valence-electron chi connectivity index (χ2n) is 5.81. The number of likely N-dealkylation sites (tertiary alicyclic amines) is 1. The molecule has 0 unspecified atom stereocenters. The summed E-state index contributed by atoms with van der Waals surface area (Å²) in [6.45, 7) is -0.208. The van der Waals surface area contributed by atoms with E-state index in [1.165, 1.54) is 17.0 Å². The predicted molar refractivity (Wildman–Crippen MR) is 78.9 cm³/mol. The van der Waals surface area contributed by atoms with E-state index in [-0.39, 0.29) is 30.3 Å². The van der Waals surface area contributed by atoms with Crippen molar-refractivity contribution < 1.29 is 23.1 Å². The molecule has 3 atom stereocenters. The van der Waals surface area contributed by atoms with Crippen LogP contribution >= 0.6 is 0 Å². The first-order valence-corrected chi connectivity index (χ1v) is 7.35. The average Bonchev–Trinajstić information content (AvgIpc) is 3.14. The fourth-order valence-electron chi connectivity index (χ4n) is 3.32. The summed E-state index contributed by atoms with van der Waals surface area (Å²) in [5, 5.41) is 20.7. The number of carbonyl (C=O) groups excluding carboxylic acids is 1. The standard InChI is InChI=1S/C16H14F3N3O2/c17-16(18,19)13-6-11(3-1-10(13)7-20)21-15(24)22-12-4-2-9(5-12)14(22)8-23/h1-4,6,9,12,14,23H,5,8H2,(H,21,24)/t9-,12+,14-/m0/s1. The number of aliphatic hydroxyl groups excluding tert-OH is 1. The lowest BCUT2D eigenvalue weighted by molar-refractivity contribution is -0.137. The third kappa shape index (κ3) is 2.71. The van der Waals surface area contributed by atoms with Crippen molar-refractivity contribution in [3.05, 3.63) is 41.5 Å². The predicted octanol–water partition coefficient (Wildman–Crippen LogP) is 2.73. The molecule has 1 fully saturated rings. The number of alkyl halides is 3. The van der Waals surface area contributed by atoms with E-state index < -0.39 is 23.3 Å². The molecule has 2 aliphatic rings. The molecule has 0 spiro atoms. The highest BCUT2D eigenvalue weighted by Gasteiger charge is 2.44. The third-order valence-electron chi connectivity index (χ3n) is 4.42. The Morgan fingerprint density at radius 2 is 2.17 bits per heavy atom. The molecule has 1 aliphatic carbocycles. The van der Waals surface area contributed by atoms with Gasteiger partial charge in [0.2, 0.25) is 0 Å². The molecule has 1 aromatic carbocycles. The van der Waals surface area contributed by atoms with Crippen LogP contribution < -0.4 is 5.32 Å². The molecule has 0 aromatic heterocycles. The average molecular weight is 337 g/mol. The number of rotatable bonds is 2. The number of nitrogens with zero attached hydrogens (tertiary/aromatic N) is 2. The van der Waals surface area contributed by atoms with Gasteiger partial charge in [0.25, 0.3) is 0 Å². The zero-order valence-electron chi connectivity index (χ0n) is 12.4. The van der Waals surface area contributed by atoms with Gasteiger partial charge in [-0.15, -0.1) is 0 Å². The number of hydrogen-bond donors (Lipinski definition) is 2. The van der Waals surface area contributed by atoms with Crippen LogP contribution in [-0.2, 0) is 6.18 Å². The largest absolute Gasteiger partial charge is 0.417 e. The number of amides is 2. The first-order valence-electron chi connectivity index (χ1n) is 7.35. The van der Waals surface area contributed by atoms with Crippen LogP contribution in [0, 0.1) is 17.2 Å². The summed E-state index contributed by atoms with van der Waals surface area (Å²) >= 11 is 0. The molecule has 1 aliphatic heterocycles. The maximum atomic E-state index is 13.0. The van der Waals surface area contributed by atoms with Crippen molar-refractivity contribution >= 4 is 11.7 Å². The van der Waals surface area contributed by atoms with E-state index in [1.807, 2.05) is 12.2 Å². The topological polar surface area (TPSA) is 76.4 Å². The molecule has 1 saturated heterocycles. The van der Waals surface area contributed by atoms with E-state index in [1.54, 1.807) is 0 Å². The number of carbonyl (C=O) groups is 1. The molecule has 126 valence electrons. The quantitative estimate of drug-likeness (QED) is 0.815. The Morgan fingerprint density at radius 1 is 1.42 bits per heavy atom. The molecule has 2 bridgehead atoms. The molecule has 24 heavy (non-hydrogen) atoms. The van der Waals surface area contributed by atoms with Gasteiger partial charge < -0.3 is 15.3 Å². The minimum absolute atomic E-state index is 0.0465. The maximum Gasteiger partial charge on any atom is 0.417 e. The zero-order valence-corrected chi connectivity index (χ0v) is 12.4. The highest BCUT2D eigenvalue weighted by atomic mass is 19.4. The van der Waals surface area contributed by atoms with Gasteiger partial charge in [0, 0.05) is 11.6 Å². The van der Waals surface area contributed by atoms with E-state index >= 15 is 0 Å².